The Morgan fingerprint density at radius 2 is 1.89 bits per heavy atom. The summed E-state index contributed by atoms with van der Waals surface area (Å²) in [7, 11) is 0. The number of hydrogen-bond donors (Lipinski definition) is 0. The largest absolute Gasteiger partial charge is 0.492 e. The Hall–Kier alpha value is -2.11. The van der Waals surface area contributed by atoms with E-state index in [1.165, 1.54) is 12.8 Å². The zero-order valence-corrected chi connectivity index (χ0v) is 10.8. The fraction of sp³-hybridized carbons (Fsp3) is 0.462. The molecule has 0 spiro atoms. The highest BCUT2D eigenvalue weighted by Gasteiger charge is 2.18. The van der Waals surface area contributed by atoms with Gasteiger partial charge in [0.05, 0.1) is 6.54 Å². The number of tetrazole rings is 1. The van der Waals surface area contributed by atoms with Crippen LogP contribution in [0.1, 0.15) is 12.8 Å². The van der Waals surface area contributed by atoms with Crippen LogP contribution in [0.3, 0.4) is 0 Å². The predicted octanol–water partition coefficient (Wildman–Crippen LogP) is 1.35. The van der Waals surface area contributed by atoms with Gasteiger partial charge in [0, 0.05) is 13.1 Å². The van der Waals surface area contributed by atoms with Crippen molar-refractivity contribution in [2.75, 3.05) is 24.6 Å². The van der Waals surface area contributed by atoms with Crippen molar-refractivity contribution in [1.29, 1.82) is 0 Å². The Labute approximate surface area is 112 Å². The van der Waals surface area contributed by atoms with Crippen LogP contribution in [-0.4, -0.2) is 39.9 Å². The average molecular weight is 259 g/mol. The number of para-hydroxylation sites is 1. The highest BCUT2D eigenvalue weighted by molar-refractivity contribution is 5.29. The van der Waals surface area contributed by atoms with Crippen molar-refractivity contribution in [2.24, 2.45) is 0 Å². The summed E-state index contributed by atoms with van der Waals surface area (Å²) in [6.45, 7) is 3.31. The zero-order valence-electron chi connectivity index (χ0n) is 10.8. The lowest BCUT2D eigenvalue weighted by Crippen LogP contribution is -2.23. The SMILES string of the molecule is c1ccc(OCCn2nnnc2N2CCCC2)cc1. The van der Waals surface area contributed by atoms with Gasteiger partial charge in [0.1, 0.15) is 12.4 Å². The topological polar surface area (TPSA) is 56.1 Å². The van der Waals surface area contributed by atoms with Crippen molar-refractivity contribution in [3.63, 3.8) is 0 Å². The molecule has 0 N–H and O–H groups in total. The Balaban J connectivity index is 1.57. The molecule has 1 aliphatic rings. The molecule has 6 nitrogen and oxygen atoms in total. The van der Waals surface area contributed by atoms with E-state index >= 15 is 0 Å². The molecule has 1 aliphatic heterocycles. The summed E-state index contributed by atoms with van der Waals surface area (Å²) in [6, 6.07) is 9.78. The molecule has 100 valence electrons. The first kappa shape index (κ1) is 12.0. The van der Waals surface area contributed by atoms with Gasteiger partial charge in [-0.3, -0.25) is 0 Å². The van der Waals surface area contributed by atoms with Crippen LogP contribution in [0, 0.1) is 0 Å². The van der Waals surface area contributed by atoms with E-state index in [4.69, 9.17) is 4.74 Å². The van der Waals surface area contributed by atoms with Crippen molar-refractivity contribution in [2.45, 2.75) is 19.4 Å². The predicted molar refractivity (Wildman–Crippen MR) is 71.2 cm³/mol. The summed E-state index contributed by atoms with van der Waals surface area (Å²) < 4.78 is 7.48. The van der Waals surface area contributed by atoms with Gasteiger partial charge in [0.25, 0.3) is 0 Å². The van der Waals surface area contributed by atoms with Crippen molar-refractivity contribution in [3.8, 4) is 5.75 Å². The third kappa shape index (κ3) is 2.83. The van der Waals surface area contributed by atoms with Gasteiger partial charge in [-0.05, 0) is 35.4 Å². The highest BCUT2D eigenvalue weighted by atomic mass is 16.5. The Bertz CT molecular complexity index is 507. The van der Waals surface area contributed by atoms with Gasteiger partial charge in [-0.25, -0.2) is 4.68 Å². The zero-order chi connectivity index (χ0) is 12.9. The molecule has 0 aliphatic carbocycles. The first-order valence-electron chi connectivity index (χ1n) is 6.62. The molecular weight excluding hydrogens is 242 g/mol. The number of rotatable bonds is 5. The second kappa shape index (κ2) is 5.69. The van der Waals surface area contributed by atoms with Crippen LogP contribution in [0.5, 0.6) is 5.75 Å². The maximum Gasteiger partial charge on any atom is 0.245 e. The van der Waals surface area contributed by atoms with Gasteiger partial charge in [0.2, 0.25) is 5.95 Å². The fourth-order valence-electron chi connectivity index (χ4n) is 2.25. The van der Waals surface area contributed by atoms with E-state index in [-0.39, 0.29) is 0 Å². The third-order valence-electron chi connectivity index (χ3n) is 3.22. The third-order valence-corrected chi connectivity index (χ3v) is 3.22. The Morgan fingerprint density at radius 3 is 2.68 bits per heavy atom. The van der Waals surface area contributed by atoms with E-state index in [1.54, 1.807) is 0 Å². The summed E-state index contributed by atoms with van der Waals surface area (Å²) in [5, 5.41) is 11.9. The van der Waals surface area contributed by atoms with Gasteiger partial charge in [-0.15, -0.1) is 0 Å². The van der Waals surface area contributed by atoms with Gasteiger partial charge in [-0.1, -0.05) is 23.3 Å². The lowest BCUT2D eigenvalue weighted by atomic mass is 10.3. The number of ether oxygens (including phenoxy) is 1. The lowest BCUT2D eigenvalue weighted by molar-refractivity contribution is 0.290. The molecule has 0 amide bonds. The lowest BCUT2D eigenvalue weighted by Gasteiger charge is -2.15. The number of anilines is 1. The van der Waals surface area contributed by atoms with Crippen molar-refractivity contribution < 1.29 is 4.74 Å². The molecule has 1 aromatic heterocycles. The molecule has 3 rings (SSSR count). The normalized spacial score (nSPS) is 14.8. The minimum Gasteiger partial charge on any atom is -0.492 e. The molecule has 0 saturated carbocycles. The summed E-state index contributed by atoms with van der Waals surface area (Å²) in [6.07, 6.45) is 2.43. The molecule has 1 aromatic carbocycles. The molecule has 0 radical (unpaired) electrons. The summed E-state index contributed by atoms with van der Waals surface area (Å²) in [5.41, 5.74) is 0. The first-order valence-corrected chi connectivity index (χ1v) is 6.62. The Kier molecular flexibility index (Phi) is 3.58. The van der Waals surface area contributed by atoms with E-state index in [1.807, 2.05) is 35.0 Å². The molecule has 2 heterocycles. The number of hydrogen-bond acceptors (Lipinski definition) is 5. The van der Waals surface area contributed by atoms with Crippen molar-refractivity contribution >= 4 is 5.95 Å². The number of benzene rings is 1. The second-order valence-electron chi connectivity index (χ2n) is 4.56. The standard InChI is InChI=1S/C13H17N5O/c1-2-6-12(7-3-1)19-11-10-18-13(14-15-16-18)17-8-4-5-9-17/h1-3,6-7H,4-5,8-11H2. The minimum absolute atomic E-state index is 0.565. The van der Waals surface area contributed by atoms with Crippen LogP contribution in [-0.2, 0) is 6.54 Å². The fourth-order valence-corrected chi connectivity index (χ4v) is 2.25. The van der Waals surface area contributed by atoms with E-state index in [0.29, 0.717) is 13.2 Å². The van der Waals surface area contributed by atoms with E-state index in [9.17, 15) is 0 Å². The average Bonchev–Trinajstić information content (AvgIpc) is 3.10. The number of aromatic nitrogens is 4. The molecule has 6 heteroatoms. The molecule has 1 saturated heterocycles. The maximum atomic E-state index is 5.66. The van der Waals surface area contributed by atoms with Crippen LogP contribution in [0.4, 0.5) is 5.95 Å². The molecule has 0 atom stereocenters. The quantitative estimate of drug-likeness (QED) is 0.811. The summed E-state index contributed by atoms with van der Waals surface area (Å²) >= 11 is 0. The minimum atomic E-state index is 0.565. The highest BCUT2D eigenvalue weighted by Crippen LogP contribution is 2.16. The first-order chi connectivity index (χ1) is 9.43. The summed E-state index contributed by atoms with van der Waals surface area (Å²) in [4.78, 5) is 2.22. The van der Waals surface area contributed by atoms with E-state index in [2.05, 4.69) is 20.4 Å². The monoisotopic (exact) mass is 259 g/mol. The number of nitrogens with zero attached hydrogens (tertiary/aromatic N) is 5. The molecule has 0 unspecified atom stereocenters. The van der Waals surface area contributed by atoms with Crippen LogP contribution >= 0.6 is 0 Å². The van der Waals surface area contributed by atoms with Crippen LogP contribution in [0.2, 0.25) is 0 Å². The molecule has 2 aromatic rings. The smallest absolute Gasteiger partial charge is 0.245 e. The van der Waals surface area contributed by atoms with Gasteiger partial charge in [0.15, 0.2) is 0 Å². The van der Waals surface area contributed by atoms with Crippen LogP contribution in [0.25, 0.3) is 0 Å². The van der Waals surface area contributed by atoms with Crippen molar-refractivity contribution in [3.05, 3.63) is 30.3 Å². The molecule has 19 heavy (non-hydrogen) atoms. The van der Waals surface area contributed by atoms with Crippen molar-refractivity contribution in [1.82, 2.24) is 20.2 Å². The molecule has 0 bridgehead atoms. The second-order valence-corrected chi connectivity index (χ2v) is 4.56. The van der Waals surface area contributed by atoms with Crippen LogP contribution < -0.4 is 9.64 Å². The van der Waals surface area contributed by atoms with Gasteiger partial charge >= 0.3 is 0 Å². The molecule has 1 fully saturated rings. The van der Waals surface area contributed by atoms with Gasteiger partial charge < -0.3 is 9.64 Å². The van der Waals surface area contributed by atoms with E-state index in [0.717, 1.165) is 24.8 Å². The van der Waals surface area contributed by atoms with Crippen LogP contribution in [0.15, 0.2) is 30.3 Å². The Morgan fingerprint density at radius 1 is 1.11 bits per heavy atom. The maximum absolute atomic E-state index is 5.66. The van der Waals surface area contributed by atoms with E-state index < -0.39 is 0 Å². The van der Waals surface area contributed by atoms with Gasteiger partial charge in [-0.2, -0.15) is 0 Å². The molecular formula is C13H17N5O. The summed E-state index contributed by atoms with van der Waals surface area (Å²) in [5.74, 6) is 1.73.